The van der Waals surface area contributed by atoms with E-state index >= 15 is 0 Å². The summed E-state index contributed by atoms with van der Waals surface area (Å²) in [6.07, 6.45) is 0. The Balaban J connectivity index is 1.16. The fraction of sp³-hybridized carbons (Fsp3) is 0. The second-order valence-electron chi connectivity index (χ2n) is 14.9. The summed E-state index contributed by atoms with van der Waals surface area (Å²) in [4.78, 5) is 2.51. The molecule has 3 heterocycles. The molecule has 0 spiro atoms. The maximum atomic E-state index is 2.51. The molecule has 0 N–H and O–H groups in total. The smallest absolute Gasteiger partial charge is 0.0555 e. The lowest BCUT2D eigenvalue weighted by Gasteiger charge is -2.27. The number of aromatic nitrogens is 1. The van der Waals surface area contributed by atoms with E-state index in [0.717, 1.165) is 17.1 Å². The van der Waals surface area contributed by atoms with E-state index in [0.29, 0.717) is 0 Å². The Hall–Kier alpha value is -6.98. The van der Waals surface area contributed by atoms with E-state index in [1.54, 1.807) is 0 Å². The van der Waals surface area contributed by atoms with Crippen LogP contribution in [0.1, 0.15) is 0 Å². The van der Waals surface area contributed by atoms with Gasteiger partial charge in [0, 0.05) is 68.2 Å². The van der Waals surface area contributed by atoms with Gasteiger partial charge < -0.3 is 9.47 Å². The van der Waals surface area contributed by atoms with Crippen molar-refractivity contribution in [2.45, 2.75) is 0 Å². The van der Waals surface area contributed by atoms with Crippen LogP contribution in [0.4, 0.5) is 17.1 Å². The fourth-order valence-corrected chi connectivity index (χ4v) is 11.4. The predicted octanol–water partition coefficient (Wildman–Crippen LogP) is 16.3. The van der Waals surface area contributed by atoms with Gasteiger partial charge in [-0.2, -0.15) is 0 Å². The lowest BCUT2D eigenvalue weighted by Crippen LogP contribution is -2.10. The Labute approximate surface area is 343 Å². The molecule has 0 aliphatic rings. The third kappa shape index (κ3) is 5.23. The quantitative estimate of drug-likeness (QED) is 0.163. The molecule has 0 bridgehead atoms. The Bertz CT molecular complexity index is 3500. The molecular formula is C54H34N2S2. The van der Waals surface area contributed by atoms with Crippen molar-refractivity contribution in [3.8, 4) is 27.9 Å². The number of nitrogens with zero attached hydrogens (tertiary/aromatic N) is 2. The summed E-state index contributed by atoms with van der Waals surface area (Å²) in [5, 5.41) is 7.60. The maximum Gasteiger partial charge on any atom is 0.0555 e. The molecule has 0 saturated heterocycles. The minimum Gasteiger partial charge on any atom is -0.310 e. The minimum absolute atomic E-state index is 1.12. The van der Waals surface area contributed by atoms with Crippen LogP contribution in [-0.2, 0) is 0 Å². The summed E-state index contributed by atoms with van der Waals surface area (Å²) in [5.74, 6) is 0. The van der Waals surface area contributed by atoms with E-state index < -0.39 is 0 Å². The van der Waals surface area contributed by atoms with E-state index in [4.69, 9.17) is 0 Å². The molecule has 2 nitrogen and oxygen atoms in total. The van der Waals surface area contributed by atoms with Gasteiger partial charge >= 0.3 is 0 Å². The lowest BCUT2D eigenvalue weighted by molar-refractivity contribution is 1.18. The molecule has 0 saturated carbocycles. The Kier molecular flexibility index (Phi) is 7.62. The number of thiophene rings is 2. The number of fused-ring (bicyclic) bond motifs is 9. The predicted molar refractivity (Wildman–Crippen MR) is 252 cm³/mol. The SMILES string of the molecule is c1ccc(-c2ccc3c(c2)sc2c(-c4ccccc4)ccc(N(c4ccc5c(c4)sc4ccccc45)c4ccc5c(c4)c4ccccc4n5-c4ccccc4)c23)cc1. The van der Waals surface area contributed by atoms with Gasteiger partial charge in [-0.1, -0.05) is 140 Å². The zero-order valence-corrected chi connectivity index (χ0v) is 33.0. The van der Waals surface area contributed by atoms with Crippen LogP contribution < -0.4 is 4.90 Å². The molecule has 4 heteroatoms. The van der Waals surface area contributed by atoms with Crippen molar-refractivity contribution in [2.75, 3.05) is 4.90 Å². The van der Waals surface area contributed by atoms with E-state index in [1.165, 1.54) is 90.1 Å². The first-order valence-corrected chi connectivity index (χ1v) is 21.3. The van der Waals surface area contributed by atoms with Crippen molar-refractivity contribution >= 4 is 102 Å². The lowest BCUT2D eigenvalue weighted by atomic mass is 9.98. The number of hydrogen-bond donors (Lipinski definition) is 0. The van der Waals surface area contributed by atoms with Gasteiger partial charge in [0.05, 0.1) is 16.7 Å². The first-order valence-electron chi connectivity index (χ1n) is 19.7. The fourth-order valence-electron chi connectivity index (χ4n) is 8.94. The van der Waals surface area contributed by atoms with E-state index in [1.807, 2.05) is 22.7 Å². The van der Waals surface area contributed by atoms with Gasteiger partial charge in [0.1, 0.15) is 0 Å². The summed E-state index contributed by atoms with van der Waals surface area (Å²) in [5.41, 5.74) is 11.9. The van der Waals surface area contributed by atoms with Crippen molar-refractivity contribution in [3.05, 3.63) is 206 Å². The molecule has 0 fully saturated rings. The number of para-hydroxylation sites is 2. The van der Waals surface area contributed by atoms with Gasteiger partial charge in [0.25, 0.3) is 0 Å². The number of rotatable bonds is 6. The highest BCUT2D eigenvalue weighted by molar-refractivity contribution is 7.26. The van der Waals surface area contributed by atoms with Crippen LogP contribution in [0, 0.1) is 0 Å². The zero-order chi connectivity index (χ0) is 38.2. The summed E-state index contributed by atoms with van der Waals surface area (Å²) >= 11 is 3.77. The molecule has 0 aliphatic heterocycles. The highest BCUT2D eigenvalue weighted by Crippen LogP contribution is 2.50. The van der Waals surface area contributed by atoms with Crippen LogP contribution >= 0.6 is 22.7 Å². The van der Waals surface area contributed by atoms with Gasteiger partial charge in [0.15, 0.2) is 0 Å². The summed E-state index contributed by atoms with van der Waals surface area (Å²) in [7, 11) is 0. The average molecular weight is 775 g/mol. The molecule has 0 radical (unpaired) electrons. The third-order valence-electron chi connectivity index (χ3n) is 11.6. The first-order chi connectivity index (χ1) is 28.8. The summed E-state index contributed by atoms with van der Waals surface area (Å²) in [6, 6.07) is 75.7. The molecule has 12 aromatic rings. The molecule has 9 aromatic carbocycles. The van der Waals surface area contributed by atoms with Crippen LogP contribution in [0.25, 0.3) is 90.1 Å². The summed E-state index contributed by atoms with van der Waals surface area (Å²) < 4.78 is 7.56. The minimum atomic E-state index is 1.12. The normalized spacial score (nSPS) is 11.8. The molecule has 0 unspecified atom stereocenters. The largest absolute Gasteiger partial charge is 0.310 e. The Morgan fingerprint density at radius 2 is 0.983 bits per heavy atom. The van der Waals surface area contributed by atoms with Gasteiger partial charge in [-0.3, -0.25) is 0 Å². The zero-order valence-electron chi connectivity index (χ0n) is 31.3. The van der Waals surface area contributed by atoms with Crippen LogP contribution in [0.2, 0.25) is 0 Å². The van der Waals surface area contributed by atoms with Crippen molar-refractivity contribution in [1.82, 2.24) is 4.57 Å². The number of hydrogen-bond acceptors (Lipinski definition) is 3. The van der Waals surface area contributed by atoms with Gasteiger partial charge in [0.2, 0.25) is 0 Å². The highest BCUT2D eigenvalue weighted by atomic mass is 32.1. The third-order valence-corrected chi connectivity index (χ3v) is 13.9. The molecule has 0 aliphatic carbocycles. The van der Waals surface area contributed by atoms with Crippen molar-refractivity contribution in [3.63, 3.8) is 0 Å². The highest BCUT2D eigenvalue weighted by Gasteiger charge is 2.23. The molecule has 3 aromatic heterocycles. The van der Waals surface area contributed by atoms with Crippen LogP contribution in [0.15, 0.2) is 206 Å². The maximum absolute atomic E-state index is 2.51. The molecular weight excluding hydrogens is 741 g/mol. The Morgan fingerprint density at radius 1 is 0.362 bits per heavy atom. The second kappa shape index (κ2) is 13.3. The molecule has 0 amide bonds. The van der Waals surface area contributed by atoms with Crippen molar-refractivity contribution < 1.29 is 0 Å². The first kappa shape index (κ1) is 33.2. The van der Waals surface area contributed by atoms with Crippen molar-refractivity contribution in [2.24, 2.45) is 0 Å². The number of anilines is 3. The summed E-state index contributed by atoms with van der Waals surface area (Å²) in [6.45, 7) is 0. The van der Waals surface area contributed by atoms with E-state index in [-0.39, 0.29) is 0 Å². The van der Waals surface area contributed by atoms with Crippen LogP contribution in [-0.4, -0.2) is 4.57 Å². The molecule has 272 valence electrons. The standard InChI is InChI=1S/C54H34N2S2/c1-4-14-35(15-5-1)37-24-27-45-51(32-37)58-54-41(36-16-6-2-7-17-36)29-31-49(53(45)54)55(40-25-28-44-43-21-11-13-23-50(43)57-52(44)34-40)39-26-30-48-46(33-39)42-20-10-12-22-47(42)56(48)38-18-8-3-9-19-38/h1-34H. The van der Waals surface area contributed by atoms with E-state index in [9.17, 15) is 0 Å². The van der Waals surface area contributed by atoms with Gasteiger partial charge in [-0.15, -0.1) is 22.7 Å². The molecule has 0 atom stereocenters. The number of benzene rings is 9. The van der Waals surface area contributed by atoms with Crippen molar-refractivity contribution in [1.29, 1.82) is 0 Å². The average Bonchev–Trinajstić information content (AvgIpc) is 3.97. The second-order valence-corrected chi connectivity index (χ2v) is 17.0. The van der Waals surface area contributed by atoms with Crippen LogP contribution in [0.3, 0.4) is 0 Å². The van der Waals surface area contributed by atoms with Gasteiger partial charge in [-0.25, -0.2) is 0 Å². The van der Waals surface area contributed by atoms with Crippen LogP contribution in [0.5, 0.6) is 0 Å². The van der Waals surface area contributed by atoms with E-state index in [2.05, 4.69) is 216 Å². The monoisotopic (exact) mass is 774 g/mol. The van der Waals surface area contributed by atoms with Gasteiger partial charge in [-0.05, 0) is 89.0 Å². The molecule has 58 heavy (non-hydrogen) atoms. The Morgan fingerprint density at radius 3 is 1.81 bits per heavy atom. The topological polar surface area (TPSA) is 8.17 Å². The molecule has 12 rings (SSSR count).